The van der Waals surface area contributed by atoms with Gasteiger partial charge in [0.25, 0.3) is 0 Å². The molecule has 27 heavy (non-hydrogen) atoms. The highest BCUT2D eigenvalue weighted by Crippen LogP contribution is 2.17. The fraction of sp³-hybridized carbons (Fsp3) is 0.421. The second-order valence-corrected chi connectivity index (χ2v) is 6.70. The van der Waals surface area contributed by atoms with Gasteiger partial charge in [-0.2, -0.15) is 10.4 Å². The van der Waals surface area contributed by atoms with Crippen LogP contribution in [0.3, 0.4) is 0 Å². The normalized spacial score (nSPS) is 20.5. The first-order valence-corrected chi connectivity index (χ1v) is 9.03. The maximum atomic E-state index is 11.4. The lowest BCUT2D eigenvalue weighted by molar-refractivity contribution is -0.121. The lowest BCUT2D eigenvalue weighted by Crippen LogP contribution is -2.48. The van der Waals surface area contributed by atoms with E-state index in [1.165, 1.54) is 0 Å². The highest BCUT2D eigenvalue weighted by atomic mass is 16.2. The van der Waals surface area contributed by atoms with E-state index >= 15 is 0 Å². The Labute approximate surface area is 158 Å². The molecule has 0 spiro atoms. The number of aliphatic imine (C=N–C) groups is 1. The number of nitrogens with one attached hydrogen (secondary N) is 3. The molecule has 2 aliphatic heterocycles. The van der Waals surface area contributed by atoms with Crippen LogP contribution in [0.15, 0.2) is 34.4 Å². The van der Waals surface area contributed by atoms with Crippen LogP contribution in [0, 0.1) is 22.7 Å². The number of amidine groups is 1. The quantitative estimate of drug-likeness (QED) is 0.543. The average Bonchev–Trinajstić information content (AvgIpc) is 2.69. The van der Waals surface area contributed by atoms with Crippen molar-refractivity contribution in [2.75, 3.05) is 26.2 Å². The summed E-state index contributed by atoms with van der Waals surface area (Å²) in [5.41, 5.74) is 5.46. The topological polar surface area (TPSA) is 117 Å². The van der Waals surface area contributed by atoms with Gasteiger partial charge in [-0.25, -0.2) is 5.43 Å². The summed E-state index contributed by atoms with van der Waals surface area (Å²) >= 11 is 0. The van der Waals surface area contributed by atoms with Crippen molar-refractivity contribution in [1.82, 2.24) is 15.6 Å². The maximum Gasteiger partial charge on any atom is 0.240 e. The molecular formula is C19H23N7O. The number of hydrazone groups is 1. The van der Waals surface area contributed by atoms with Crippen molar-refractivity contribution in [3.63, 3.8) is 0 Å². The summed E-state index contributed by atoms with van der Waals surface area (Å²) in [5.74, 6) is 0.206. The molecule has 1 aromatic carbocycles. The molecule has 1 amide bonds. The summed E-state index contributed by atoms with van der Waals surface area (Å²) in [7, 11) is 0. The first-order valence-electron chi connectivity index (χ1n) is 9.03. The van der Waals surface area contributed by atoms with Gasteiger partial charge in [0.05, 0.1) is 12.3 Å². The largest absolute Gasteiger partial charge is 0.352 e. The Bertz CT molecular complexity index is 813. The van der Waals surface area contributed by atoms with Crippen molar-refractivity contribution in [3.8, 4) is 6.07 Å². The number of rotatable bonds is 4. The standard InChI is InChI=1S/C19H23N7O/c1-13-10-17(27)24-25-18(13)15-4-2-14(3-5-15)12-23-16(11-20)19(21)26-8-6-22-7-9-26/h2-5,13,21-22H,6-10,12H2,1H3,(H,24,27). The van der Waals surface area contributed by atoms with E-state index in [0.29, 0.717) is 26.1 Å². The van der Waals surface area contributed by atoms with Crippen LogP contribution in [0.5, 0.6) is 0 Å². The number of benzene rings is 1. The molecule has 1 fully saturated rings. The van der Waals surface area contributed by atoms with E-state index in [-0.39, 0.29) is 23.4 Å². The number of hydrogen-bond donors (Lipinski definition) is 3. The first kappa shape index (κ1) is 18.7. The van der Waals surface area contributed by atoms with Crippen LogP contribution < -0.4 is 10.7 Å². The predicted octanol–water partition coefficient (Wildman–Crippen LogP) is 0.894. The summed E-state index contributed by atoms with van der Waals surface area (Å²) in [6.07, 6.45) is 0.435. The summed E-state index contributed by atoms with van der Waals surface area (Å²) in [6.45, 7) is 5.37. The van der Waals surface area contributed by atoms with Crippen LogP contribution in [0.2, 0.25) is 0 Å². The molecule has 3 rings (SSSR count). The lowest BCUT2D eigenvalue weighted by atomic mass is 9.93. The van der Waals surface area contributed by atoms with Crippen molar-refractivity contribution >= 4 is 23.2 Å². The van der Waals surface area contributed by atoms with E-state index in [0.717, 1.165) is 29.9 Å². The molecular weight excluding hydrogens is 342 g/mol. The zero-order valence-electron chi connectivity index (χ0n) is 15.3. The highest BCUT2D eigenvalue weighted by Gasteiger charge is 2.21. The molecule has 1 unspecified atom stereocenters. The highest BCUT2D eigenvalue weighted by molar-refractivity contribution is 6.46. The molecule has 1 atom stereocenters. The molecule has 8 nitrogen and oxygen atoms in total. The van der Waals surface area contributed by atoms with Gasteiger partial charge >= 0.3 is 0 Å². The number of hydrogen-bond acceptors (Lipinski definition) is 6. The fourth-order valence-corrected chi connectivity index (χ4v) is 3.15. The number of nitrogens with zero attached hydrogens (tertiary/aromatic N) is 4. The SMILES string of the molecule is CC1CC(=O)NN=C1c1ccc(CN=C(C#N)C(=N)N2CCNCC2)cc1. The van der Waals surface area contributed by atoms with Crippen molar-refractivity contribution in [2.45, 2.75) is 19.9 Å². The van der Waals surface area contributed by atoms with Gasteiger partial charge < -0.3 is 10.2 Å². The van der Waals surface area contributed by atoms with Gasteiger partial charge in [-0.15, -0.1) is 0 Å². The molecule has 2 aliphatic rings. The van der Waals surface area contributed by atoms with Crippen LogP contribution in [-0.4, -0.2) is 54.2 Å². The summed E-state index contributed by atoms with van der Waals surface area (Å²) < 4.78 is 0. The monoisotopic (exact) mass is 365 g/mol. The molecule has 1 saturated heterocycles. The third-order valence-corrected chi connectivity index (χ3v) is 4.69. The predicted molar refractivity (Wildman–Crippen MR) is 104 cm³/mol. The number of carbonyl (C=O) groups is 1. The van der Waals surface area contributed by atoms with Crippen molar-refractivity contribution in [2.24, 2.45) is 16.0 Å². The number of nitriles is 1. The van der Waals surface area contributed by atoms with Crippen LogP contribution in [0.4, 0.5) is 0 Å². The Balaban J connectivity index is 1.67. The smallest absolute Gasteiger partial charge is 0.240 e. The number of carbonyl (C=O) groups excluding carboxylic acids is 1. The Kier molecular flexibility index (Phi) is 5.94. The Morgan fingerprint density at radius 1 is 1.37 bits per heavy atom. The fourth-order valence-electron chi connectivity index (χ4n) is 3.15. The maximum absolute atomic E-state index is 11.4. The Morgan fingerprint density at radius 3 is 2.70 bits per heavy atom. The molecule has 0 bridgehead atoms. The molecule has 0 radical (unpaired) electrons. The molecule has 0 aromatic heterocycles. The minimum atomic E-state index is -0.0619. The average molecular weight is 365 g/mol. The second kappa shape index (κ2) is 8.56. The molecule has 8 heteroatoms. The van der Waals surface area contributed by atoms with E-state index in [4.69, 9.17) is 5.41 Å². The van der Waals surface area contributed by atoms with Gasteiger partial charge in [-0.1, -0.05) is 31.2 Å². The van der Waals surface area contributed by atoms with Crippen molar-refractivity contribution < 1.29 is 4.79 Å². The zero-order chi connectivity index (χ0) is 19.2. The Hall–Kier alpha value is -3.05. The van der Waals surface area contributed by atoms with Crippen LogP contribution in [0.1, 0.15) is 24.5 Å². The minimum absolute atomic E-state index is 0.0619. The van der Waals surface area contributed by atoms with E-state index in [1.54, 1.807) is 0 Å². The van der Waals surface area contributed by atoms with Gasteiger partial charge in [0.1, 0.15) is 6.07 Å². The molecule has 3 N–H and O–H groups in total. The lowest BCUT2D eigenvalue weighted by Gasteiger charge is -2.28. The molecule has 2 heterocycles. The van der Waals surface area contributed by atoms with Crippen LogP contribution >= 0.6 is 0 Å². The van der Waals surface area contributed by atoms with Gasteiger partial charge in [0.2, 0.25) is 5.91 Å². The van der Waals surface area contributed by atoms with Gasteiger partial charge in [-0.3, -0.25) is 15.2 Å². The number of piperazine rings is 1. The molecule has 1 aromatic rings. The molecule has 0 saturated carbocycles. The van der Waals surface area contributed by atoms with E-state index in [9.17, 15) is 10.1 Å². The third-order valence-electron chi connectivity index (χ3n) is 4.69. The van der Waals surface area contributed by atoms with Crippen molar-refractivity contribution in [1.29, 1.82) is 10.7 Å². The minimum Gasteiger partial charge on any atom is -0.352 e. The molecule has 140 valence electrons. The third kappa shape index (κ3) is 4.57. The summed E-state index contributed by atoms with van der Waals surface area (Å²) in [5, 5.41) is 25.0. The van der Waals surface area contributed by atoms with E-state index in [1.807, 2.05) is 42.2 Å². The van der Waals surface area contributed by atoms with Gasteiger partial charge in [-0.05, 0) is 11.1 Å². The second-order valence-electron chi connectivity index (χ2n) is 6.70. The molecule has 0 aliphatic carbocycles. The Morgan fingerprint density at radius 2 is 2.07 bits per heavy atom. The van der Waals surface area contributed by atoms with E-state index in [2.05, 4.69) is 20.8 Å². The summed E-state index contributed by atoms with van der Waals surface area (Å²) in [4.78, 5) is 17.6. The van der Waals surface area contributed by atoms with Crippen LogP contribution in [-0.2, 0) is 11.3 Å². The van der Waals surface area contributed by atoms with E-state index < -0.39 is 0 Å². The van der Waals surface area contributed by atoms with Gasteiger partial charge in [0.15, 0.2) is 11.5 Å². The first-order chi connectivity index (χ1) is 13.1. The van der Waals surface area contributed by atoms with Crippen molar-refractivity contribution in [3.05, 3.63) is 35.4 Å². The zero-order valence-corrected chi connectivity index (χ0v) is 15.3. The van der Waals surface area contributed by atoms with Gasteiger partial charge in [0, 0.05) is 38.5 Å². The summed E-state index contributed by atoms with van der Waals surface area (Å²) in [6, 6.07) is 9.82. The van der Waals surface area contributed by atoms with Crippen LogP contribution in [0.25, 0.3) is 0 Å². The number of amides is 1.